The van der Waals surface area contributed by atoms with Crippen LogP contribution in [0.3, 0.4) is 0 Å². The molecule has 1 rings (SSSR count). The van der Waals surface area contributed by atoms with Crippen molar-refractivity contribution in [3.63, 3.8) is 0 Å². The van der Waals surface area contributed by atoms with Crippen LogP contribution in [0.5, 0.6) is 0 Å². The Labute approximate surface area is 120 Å². The van der Waals surface area contributed by atoms with E-state index in [-0.39, 0.29) is 35.2 Å². The van der Waals surface area contributed by atoms with Gasteiger partial charge >= 0.3 is 5.97 Å². The molecule has 0 aromatic carbocycles. The maximum absolute atomic E-state index is 13.0. The Morgan fingerprint density at radius 2 is 2.22 bits per heavy atom. The normalized spacial score (nSPS) is 10.8. The first-order chi connectivity index (χ1) is 8.49. The summed E-state index contributed by atoms with van der Waals surface area (Å²) in [4.78, 5) is 15.3. The van der Waals surface area contributed by atoms with E-state index < -0.39 is 12.4 Å². The summed E-state index contributed by atoms with van der Waals surface area (Å²) in [6, 6.07) is 1.42. The van der Waals surface area contributed by atoms with E-state index in [0.29, 0.717) is 4.60 Å². The summed E-state index contributed by atoms with van der Waals surface area (Å²) in [5, 5.41) is 0.196. The minimum Gasteiger partial charge on any atom is -0.466 e. The molecule has 0 aliphatic rings. The van der Waals surface area contributed by atoms with E-state index in [0.717, 1.165) is 0 Å². The van der Waals surface area contributed by atoms with Crippen LogP contribution in [0.2, 0.25) is 0 Å². The van der Waals surface area contributed by atoms with Crippen LogP contribution in [-0.4, -0.2) is 17.6 Å². The average Bonchev–Trinajstić information content (AvgIpc) is 2.27. The second-order valence-electron chi connectivity index (χ2n) is 3.38. The van der Waals surface area contributed by atoms with Gasteiger partial charge in [0.2, 0.25) is 0 Å². The van der Waals surface area contributed by atoms with E-state index in [4.69, 9.17) is 4.74 Å². The maximum atomic E-state index is 13.0. The summed E-state index contributed by atoms with van der Waals surface area (Å²) in [5.74, 6) is -0.530. The molecule has 100 valence electrons. The van der Waals surface area contributed by atoms with Crippen LogP contribution in [0, 0.1) is 0 Å². The maximum Gasteiger partial charge on any atom is 0.310 e. The molecule has 0 bridgehead atoms. The van der Waals surface area contributed by atoms with E-state index >= 15 is 0 Å². The van der Waals surface area contributed by atoms with Crippen molar-refractivity contribution in [3.8, 4) is 0 Å². The van der Waals surface area contributed by atoms with Gasteiger partial charge in [-0.1, -0.05) is 15.9 Å². The molecule has 7 heteroatoms. The third-order valence-corrected chi connectivity index (χ3v) is 3.11. The second-order valence-corrected chi connectivity index (χ2v) is 4.75. The largest absolute Gasteiger partial charge is 0.466 e. The second kappa shape index (κ2) is 7.13. The number of carbonyl (C=O) groups excluding carboxylic acids is 1. The van der Waals surface area contributed by atoms with Crippen LogP contribution in [-0.2, 0) is 21.3 Å². The predicted octanol–water partition coefficient (Wildman–Crippen LogP) is 3.78. The quantitative estimate of drug-likeness (QED) is 0.439. The van der Waals surface area contributed by atoms with Gasteiger partial charge in [-0.05, 0) is 34.5 Å². The highest BCUT2D eigenvalue weighted by atomic mass is 79.9. The molecule has 1 aromatic heterocycles. The van der Waals surface area contributed by atoms with Gasteiger partial charge in [-0.2, -0.15) is 0 Å². The van der Waals surface area contributed by atoms with Crippen molar-refractivity contribution in [3.05, 3.63) is 27.5 Å². The summed E-state index contributed by atoms with van der Waals surface area (Å²) < 4.78 is 31.2. The van der Waals surface area contributed by atoms with Gasteiger partial charge in [0.05, 0.1) is 18.7 Å². The zero-order valence-corrected chi connectivity index (χ0v) is 12.7. The number of pyridine rings is 1. The Kier molecular flexibility index (Phi) is 6.14. The van der Waals surface area contributed by atoms with Crippen molar-refractivity contribution >= 4 is 37.8 Å². The molecule has 0 atom stereocenters. The van der Waals surface area contributed by atoms with Crippen LogP contribution in [0.25, 0.3) is 0 Å². The number of carbonyl (C=O) groups is 1. The van der Waals surface area contributed by atoms with Gasteiger partial charge in [0, 0.05) is 10.9 Å². The third-order valence-electron chi connectivity index (χ3n) is 2.18. The van der Waals surface area contributed by atoms with Gasteiger partial charge in [0.15, 0.2) is 0 Å². The highest BCUT2D eigenvalue weighted by Crippen LogP contribution is 2.29. The zero-order valence-electron chi connectivity index (χ0n) is 9.55. The topological polar surface area (TPSA) is 39.2 Å². The van der Waals surface area contributed by atoms with Crippen molar-refractivity contribution in [2.24, 2.45) is 0 Å². The highest BCUT2D eigenvalue weighted by molar-refractivity contribution is 9.10. The predicted molar refractivity (Wildman–Crippen MR) is 69.9 cm³/mol. The summed E-state index contributed by atoms with van der Waals surface area (Å²) in [6.07, 6.45) is -2.86. The smallest absolute Gasteiger partial charge is 0.310 e. The van der Waals surface area contributed by atoms with Crippen LogP contribution >= 0.6 is 31.9 Å². The number of hydrogen-bond donors (Lipinski definition) is 0. The molecule has 3 nitrogen and oxygen atoms in total. The third kappa shape index (κ3) is 3.98. The zero-order chi connectivity index (χ0) is 13.7. The Morgan fingerprint density at radius 1 is 1.56 bits per heavy atom. The minimum absolute atomic E-state index is 0.186. The number of halogens is 4. The van der Waals surface area contributed by atoms with Gasteiger partial charge in [0.1, 0.15) is 4.60 Å². The fraction of sp³-hybridized carbons (Fsp3) is 0.455. The van der Waals surface area contributed by atoms with Crippen molar-refractivity contribution in [1.82, 2.24) is 4.98 Å². The van der Waals surface area contributed by atoms with Gasteiger partial charge in [-0.3, -0.25) is 4.79 Å². The number of nitrogens with zero attached hydrogens (tertiary/aromatic N) is 1. The first-order valence-electron chi connectivity index (χ1n) is 5.17. The Morgan fingerprint density at radius 3 is 2.72 bits per heavy atom. The Balaban J connectivity index is 3.15. The molecule has 0 saturated heterocycles. The lowest BCUT2D eigenvalue weighted by molar-refractivity contribution is -0.142. The molecule has 0 amide bonds. The molecular weight excluding hydrogens is 376 g/mol. The molecule has 0 fully saturated rings. The first kappa shape index (κ1) is 15.5. The molecule has 18 heavy (non-hydrogen) atoms. The fourth-order valence-electron chi connectivity index (χ4n) is 1.51. The Hall–Kier alpha value is -0.560. The van der Waals surface area contributed by atoms with E-state index in [1.165, 1.54) is 6.07 Å². The van der Waals surface area contributed by atoms with Crippen molar-refractivity contribution in [2.75, 3.05) is 6.61 Å². The Bertz CT molecular complexity index is 441. The number of ether oxygens (including phenoxy) is 1. The van der Waals surface area contributed by atoms with Crippen LogP contribution in [0.15, 0.2) is 10.7 Å². The van der Waals surface area contributed by atoms with Crippen molar-refractivity contribution in [2.45, 2.75) is 25.1 Å². The summed E-state index contributed by atoms with van der Waals surface area (Å²) in [5.41, 5.74) is 0.251. The molecule has 1 heterocycles. The van der Waals surface area contributed by atoms with Crippen molar-refractivity contribution in [1.29, 1.82) is 0 Å². The highest BCUT2D eigenvalue weighted by Gasteiger charge is 2.21. The minimum atomic E-state index is -2.68. The van der Waals surface area contributed by atoms with E-state index in [1.54, 1.807) is 6.92 Å². The number of hydrogen-bond acceptors (Lipinski definition) is 3. The lowest BCUT2D eigenvalue weighted by atomic mass is 10.0. The molecule has 0 aliphatic carbocycles. The first-order valence-corrected chi connectivity index (χ1v) is 7.09. The molecule has 1 aromatic rings. The van der Waals surface area contributed by atoms with Gasteiger partial charge < -0.3 is 4.74 Å². The lowest BCUT2D eigenvalue weighted by Gasteiger charge is -2.12. The standard InChI is InChI=1S/C11H11Br2F2NO2/c1-2-18-9(17)4-6-3-8(13)16-7(5-12)10(6)11(14)15/h3,11H,2,4-5H2,1H3. The average molecular weight is 387 g/mol. The monoisotopic (exact) mass is 385 g/mol. The SMILES string of the molecule is CCOC(=O)Cc1cc(Br)nc(CBr)c1C(F)F. The number of rotatable bonds is 5. The van der Waals surface area contributed by atoms with E-state index in [1.807, 2.05) is 0 Å². The fourth-order valence-corrected chi connectivity index (χ4v) is 2.43. The molecular formula is C11H11Br2F2NO2. The van der Waals surface area contributed by atoms with Crippen LogP contribution < -0.4 is 0 Å². The van der Waals surface area contributed by atoms with Crippen LogP contribution in [0.4, 0.5) is 8.78 Å². The number of alkyl halides is 3. The summed E-state index contributed by atoms with van der Waals surface area (Å²) in [6.45, 7) is 1.89. The van der Waals surface area contributed by atoms with Gasteiger partial charge in [-0.15, -0.1) is 0 Å². The lowest BCUT2D eigenvalue weighted by Crippen LogP contribution is -2.11. The number of esters is 1. The molecule has 0 aliphatic heterocycles. The molecule has 0 saturated carbocycles. The number of aromatic nitrogens is 1. The van der Waals surface area contributed by atoms with Crippen LogP contribution in [0.1, 0.15) is 30.2 Å². The molecule has 0 spiro atoms. The van der Waals surface area contributed by atoms with Crippen molar-refractivity contribution < 1.29 is 18.3 Å². The molecule has 0 unspecified atom stereocenters. The van der Waals surface area contributed by atoms with E-state index in [9.17, 15) is 13.6 Å². The summed E-state index contributed by atoms with van der Waals surface area (Å²) >= 11 is 6.25. The van der Waals surface area contributed by atoms with Gasteiger partial charge in [-0.25, -0.2) is 13.8 Å². The van der Waals surface area contributed by atoms with Gasteiger partial charge in [0.25, 0.3) is 6.43 Å². The molecule has 0 N–H and O–H groups in total. The molecule has 0 radical (unpaired) electrons. The van der Waals surface area contributed by atoms with E-state index in [2.05, 4.69) is 36.8 Å². The summed E-state index contributed by atoms with van der Waals surface area (Å²) in [7, 11) is 0.